The molecule has 0 bridgehead atoms. The molecule has 1 saturated heterocycles. The molecule has 1 aliphatic carbocycles. The van der Waals surface area contributed by atoms with Crippen molar-refractivity contribution in [2.75, 3.05) is 36.9 Å². The first-order chi connectivity index (χ1) is 10.2. The Labute approximate surface area is 129 Å². The van der Waals surface area contributed by atoms with E-state index in [0.717, 1.165) is 25.9 Å². The van der Waals surface area contributed by atoms with Gasteiger partial charge in [-0.05, 0) is 25.1 Å². The van der Waals surface area contributed by atoms with E-state index >= 15 is 0 Å². The maximum absolute atomic E-state index is 5.96. The van der Waals surface area contributed by atoms with Crippen molar-refractivity contribution in [1.29, 1.82) is 0 Å². The summed E-state index contributed by atoms with van der Waals surface area (Å²) in [5.41, 5.74) is 5.96. The van der Waals surface area contributed by atoms with E-state index in [2.05, 4.69) is 20.3 Å². The number of ether oxygens (including phenoxy) is 1. The van der Waals surface area contributed by atoms with Gasteiger partial charge in [0.1, 0.15) is 0 Å². The Kier molecular flexibility index (Phi) is 4.54. The molecule has 2 heterocycles. The van der Waals surface area contributed by atoms with E-state index in [4.69, 9.17) is 22.7 Å². The molecule has 2 fully saturated rings. The van der Waals surface area contributed by atoms with Crippen LogP contribution >= 0.6 is 12.2 Å². The molecule has 3 rings (SSSR count). The van der Waals surface area contributed by atoms with Gasteiger partial charge >= 0.3 is 0 Å². The van der Waals surface area contributed by atoms with Gasteiger partial charge in [0, 0.05) is 19.1 Å². The van der Waals surface area contributed by atoms with Gasteiger partial charge in [0.25, 0.3) is 0 Å². The second kappa shape index (κ2) is 6.57. The third-order valence-corrected chi connectivity index (χ3v) is 4.33. The summed E-state index contributed by atoms with van der Waals surface area (Å²) in [6, 6.07) is 0.432. The van der Waals surface area contributed by atoms with Gasteiger partial charge in [-0.1, -0.05) is 19.3 Å². The van der Waals surface area contributed by atoms with E-state index in [1.54, 1.807) is 0 Å². The Hall–Kier alpha value is -1.41. The van der Waals surface area contributed by atoms with Gasteiger partial charge in [-0.2, -0.15) is 9.67 Å². The summed E-state index contributed by atoms with van der Waals surface area (Å²) < 4.78 is 6.87. The number of aromatic nitrogens is 3. The SMILES string of the molecule is Nc1nc(N2CCOCC2)nn1C(=S)NC1CCCCC1. The number of nitrogens with two attached hydrogens (primary N) is 1. The van der Waals surface area contributed by atoms with Gasteiger partial charge in [0.2, 0.25) is 11.9 Å². The molecule has 0 amide bonds. The fraction of sp³-hybridized carbons (Fsp3) is 0.769. The number of morpholine rings is 1. The minimum atomic E-state index is 0.338. The summed E-state index contributed by atoms with van der Waals surface area (Å²) in [6.45, 7) is 2.96. The number of thiocarbonyl (C=S) groups is 1. The van der Waals surface area contributed by atoms with Crippen LogP contribution in [0.5, 0.6) is 0 Å². The monoisotopic (exact) mass is 310 g/mol. The van der Waals surface area contributed by atoms with Gasteiger partial charge in [0.15, 0.2) is 5.11 Å². The molecule has 3 N–H and O–H groups in total. The summed E-state index contributed by atoms with van der Waals surface area (Å²) in [5, 5.41) is 8.35. The minimum absolute atomic E-state index is 0.338. The highest BCUT2D eigenvalue weighted by Gasteiger charge is 2.20. The van der Waals surface area contributed by atoms with E-state index in [1.165, 1.54) is 23.9 Å². The minimum Gasteiger partial charge on any atom is -0.378 e. The largest absolute Gasteiger partial charge is 0.378 e. The molecule has 0 radical (unpaired) electrons. The zero-order valence-corrected chi connectivity index (χ0v) is 12.9. The lowest BCUT2D eigenvalue weighted by atomic mass is 9.96. The summed E-state index contributed by atoms with van der Waals surface area (Å²) in [7, 11) is 0. The third kappa shape index (κ3) is 3.44. The lowest BCUT2D eigenvalue weighted by molar-refractivity contribution is 0.122. The van der Waals surface area contributed by atoms with Crippen molar-refractivity contribution in [3.05, 3.63) is 0 Å². The van der Waals surface area contributed by atoms with Crippen LogP contribution < -0.4 is 16.0 Å². The van der Waals surface area contributed by atoms with E-state index in [-0.39, 0.29) is 0 Å². The number of nitrogen functional groups attached to an aromatic ring is 1. The molecular formula is C13H22N6OS. The summed E-state index contributed by atoms with van der Waals surface area (Å²) >= 11 is 5.43. The molecule has 0 aromatic carbocycles. The Balaban J connectivity index is 1.66. The molecule has 116 valence electrons. The standard InChI is InChI=1S/C13H22N6OS/c14-11-16-12(18-6-8-20-9-7-18)17-19(11)13(21)15-10-4-2-1-3-5-10/h10H,1-9H2,(H,15,21)(H2,14,16,17). The quantitative estimate of drug-likeness (QED) is 0.780. The van der Waals surface area contributed by atoms with Gasteiger partial charge in [-0.25, -0.2) is 0 Å². The predicted molar refractivity (Wildman–Crippen MR) is 85.5 cm³/mol. The lowest BCUT2D eigenvalue weighted by Crippen LogP contribution is -2.40. The first-order valence-corrected chi connectivity index (χ1v) is 8.01. The second-order valence-electron chi connectivity index (χ2n) is 5.57. The summed E-state index contributed by atoms with van der Waals surface area (Å²) in [5.74, 6) is 0.966. The summed E-state index contributed by atoms with van der Waals surface area (Å²) in [6.07, 6.45) is 6.14. The molecule has 0 atom stereocenters. The molecule has 0 spiro atoms. The van der Waals surface area contributed by atoms with Crippen molar-refractivity contribution in [3.8, 4) is 0 Å². The van der Waals surface area contributed by atoms with Crippen molar-refractivity contribution in [2.24, 2.45) is 0 Å². The highest BCUT2D eigenvalue weighted by atomic mass is 32.1. The van der Waals surface area contributed by atoms with Crippen LogP contribution in [-0.2, 0) is 4.74 Å². The van der Waals surface area contributed by atoms with Crippen molar-refractivity contribution in [2.45, 2.75) is 38.1 Å². The fourth-order valence-electron chi connectivity index (χ4n) is 2.84. The molecule has 1 aliphatic heterocycles. The van der Waals surface area contributed by atoms with Crippen molar-refractivity contribution < 1.29 is 4.74 Å². The molecule has 1 aromatic heterocycles. The number of nitrogens with one attached hydrogen (secondary N) is 1. The molecule has 8 heteroatoms. The van der Waals surface area contributed by atoms with Crippen LogP contribution in [0.15, 0.2) is 0 Å². The van der Waals surface area contributed by atoms with Gasteiger partial charge in [-0.3, -0.25) is 0 Å². The fourth-order valence-corrected chi connectivity index (χ4v) is 3.14. The highest BCUT2D eigenvalue weighted by Crippen LogP contribution is 2.18. The number of rotatable bonds is 2. The Bertz CT molecular complexity index is 493. The van der Waals surface area contributed by atoms with Crippen LogP contribution in [0.3, 0.4) is 0 Å². The molecule has 1 saturated carbocycles. The summed E-state index contributed by atoms with van der Waals surface area (Å²) in [4.78, 5) is 6.39. The van der Waals surface area contributed by atoms with Crippen molar-refractivity contribution >= 4 is 29.2 Å². The first kappa shape index (κ1) is 14.5. The van der Waals surface area contributed by atoms with Crippen LogP contribution in [-0.4, -0.2) is 52.2 Å². The van der Waals surface area contributed by atoms with Crippen molar-refractivity contribution in [3.63, 3.8) is 0 Å². The van der Waals surface area contributed by atoms with Crippen LogP contribution in [0.25, 0.3) is 0 Å². The van der Waals surface area contributed by atoms with Crippen LogP contribution in [0, 0.1) is 0 Å². The molecule has 1 aromatic rings. The molecule has 7 nitrogen and oxygen atoms in total. The average Bonchev–Trinajstić information content (AvgIpc) is 2.91. The number of hydrogen-bond acceptors (Lipinski definition) is 6. The Morgan fingerprint density at radius 1 is 1.24 bits per heavy atom. The average molecular weight is 310 g/mol. The van der Waals surface area contributed by atoms with E-state index < -0.39 is 0 Å². The highest BCUT2D eigenvalue weighted by molar-refractivity contribution is 7.80. The smallest absolute Gasteiger partial charge is 0.247 e. The number of anilines is 2. The van der Waals surface area contributed by atoms with Crippen LogP contribution in [0.4, 0.5) is 11.9 Å². The second-order valence-corrected chi connectivity index (χ2v) is 5.95. The zero-order chi connectivity index (χ0) is 14.7. The molecule has 0 unspecified atom stereocenters. The number of nitrogens with zero attached hydrogens (tertiary/aromatic N) is 4. The van der Waals surface area contributed by atoms with Crippen molar-refractivity contribution in [1.82, 2.24) is 20.1 Å². The van der Waals surface area contributed by atoms with Crippen LogP contribution in [0.2, 0.25) is 0 Å². The van der Waals surface area contributed by atoms with E-state index in [1.807, 2.05) is 0 Å². The lowest BCUT2D eigenvalue weighted by Gasteiger charge is -2.25. The maximum Gasteiger partial charge on any atom is 0.247 e. The normalized spacial score (nSPS) is 20.5. The number of hydrogen-bond donors (Lipinski definition) is 2. The molecule has 21 heavy (non-hydrogen) atoms. The van der Waals surface area contributed by atoms with E-state index in [9.17, 15) is 0 Å². The van der Waals surface area contributed by atoms with Crippen LogP contribution in [0.1, 0.15) is 32.1 Å². The molecule has 2 aliphatic rings. The maximum atomic E-state index is 5.96. The van der Waals surface area contributed by atoms with Gasteiger partial charge in [0.05, 0.1) is 13.2 Å². The zero-order valence-electron chi connectivity index (χ0n) is 12.1. The first-order valence-electron chi connectivity index (χ1n) is 7.60. The van der Waals surface area contributed by atoms with Gasteiger partial charge < -0.3 is 20.7 Å². The van der Waals surface area contributed by atoms with E-state index in [0.29, 0.717) is 36.3 Å². The Morgan fingerprint density at radius 3 is 2.67 bits per heavy atom. The molecular weight excluding hydrogens is 288 g/mol. The predicted octanol–water partition coefficient (Wildman–Crippen LogP) is 0.752. The topological polar surface area (TPSA) is 81.2 Å². The Morgan fingerprint density at radius 2 is 1.95 bits per heavy atom. The van der Waals surface area contributed by atoms with Gasteiger partial charge in [-0.15, -0.1) is 5.10 Å². The third-order valence-electron chi connectivity index (χ3n) is 4.04.